The number of rotatable bonds is 3. The number of hydrogen-bond donors (Lipinski definition) is 1. The van der Waals surface area contributed by atoms with Crippen molar-refractivity contribution >= 4 is 40.2 Å². The Morgan fingerprint density at radius 2 is 2.33 bits per heavy atom. The van der Waals surface area contributed by atoms with E-state index in [0.29, 0.717) is 17.3 Å². The smallest absolute Gasteiger partial charge is 0.282 e. The van der Waals surface area contributed by atoms with Crippen LogP contribution in [-0.2, 0) is 4.79 Å². The fraction of sp³-hybridized carbons (Fsp3) is 0.333. The Bertz CT molecular complexity index is 493. The molecule has 0 aromatic heterocycles. The van der Waals surface area contributed by atoms with Crippen LogP contribution in [0.25, 0.3) is 0 Å². The lowest BCUT2D eigenvalue weighted by atomic mass is 10.2. The van der Waals surface area contributed by atoms with Gasteiger partial charge in [-0.1, -0.05) is 29.4 Å². The van der Waals surface area contributed by atoms with Gasteiger partial charge in [0.2, 0.25) is 5.91 Å². The number of carbonyl (C=O) groups excluding carboxylic acids is 2. The third-order valence-electron chi connectivity index (χ3n) is 2.63. The first-order valence-corrected chi connectivity index (χ1v) is 6.90. The van der Waals surface area contributed by atoms with Gasteiger partial charge >= 0.3 is 0 Å². The maximum Gasteiger partial charge on any atom is 0.282 e. The van der Waals surface area contributed by atoms with Gasteiger partial charge in [-0.05, 0) is 24.6 Å². The predicted molar refractivity (Wildman–Crippen MR) is 74.2 cm³/mol. The fourth-order valence-electron chi connectivity index (χ4n) is 1.61. The Balaban J connectivity index is 1.94. The lowest BCUT2D eigenvalue weighted by molar-refractivity contribution is -0.116. The molecule has 0 aliphatic carbocycles. The van der Waals surface area contributed by atoms with Crippen molar-refractivity contribution < 1.29 is 9.59 Å². The molecule has 0 radical (unpaired) electrons. The highest BCUT2D eigenvalue weighted by atomic mass is 35.5. The van der Waals surface area contributed by atoms with Gasteiger partial charge in [-0.15, -0.1) is 0 Å². The molecule has 1 saturated heterocycles. The maximum atomic E-state index is 11.8. The van der Waals surface area contributed by atoms with Gasteiger partial charge in [-0.3, -0.25) is 9.59 Å². The van der Waals surface area contributed by atoms with Crippen LogP contribution in [0.2, 0.25) is 5.02 Å². The first-order chi connectivity index (χ1) is 8.56. The molecule has 0 saturated carbocycles. The van der Waals surface area contributed by atoms with Crippen LogP contribution in [-0.4, -0.2) is 34.9 Å². The summed E-state index contributed by atoms with van der Waals surface area (Å²) < 4.78 is 0. The van der Waals surface area contributed by atoms with E-state index in [9.17, 15) is 9.59 Å². The molecule has 1 aliphatic rings. The van der Waals surface area contributed by atoms with Gasteiger partial charge in [0.1, 0.15) is 6.54 Å². The highest BCUT2D eigenvalue weighted by Crippen LogP contribution is 2.20. The molecule has 1 aliphatic heterocycles. The molecule has 18 heavy (non-hydrogen) atoms. The number of nitrogens with zero attached hydrogens (tertiary/aromatic N) is 1. The van der Waals surface area contributed by atoms with Crippen molar-refractivity contribution in [2.45, 2.75) is 6.92 Å². The molecule has 4 nitrogen and oxygen atoms in total. The molecule has 2 amide bonds. The molecule has 1 N–H and O–H groups in total. The topological polar surface area (TPSA) is 49.4 Å². The largest absolute Gasteiger partial charge is 0.324 e. The van der Waals surface area contributed by atoms with Crippen molar-refractivity contribution in [3.63, 3.8) is 0 Å². The second-order valence-electron chi connectivity index (χ2n) is 4.05. The van der Waals surface area contributed by atoms with Crippen molar-refractivity contribution in [3.05, 3.63) is 28.8 Å². The van der Waals surface area contributed by atoms with E-state index >= 15 is 0 Å². The molecular formula is C12H13ClN2O2S. The first-order valence-electron chi connectivity index (χ1n) is 5.54. The van der Waals surface area contributed by atoms with Crippen molar-refractivity contribution in [1.29, 1.82) is 0 Å². The van der Waals surface area contributed by atoms with Gasteiger partial charge in [0.15, 0.2) is 0 Å². The summed E-state index contributed by atoms with van der Waals surface area (Å²) in [5.41, 5.74) is 1.61. The molecule has 1 aromatic carbocycles. The Morgan fingerprint density at radius 3 is 2.94 bits per heavy atom. The highest BCUT2D eigenvalue weighted by molar-refractivity contribution is 8.13. The number of anilines is 1. The highest BCUT2D eigenvalue weighted by Gasteiger charge is 2.23. The van der Waals surface area contributed by atoms with E-state index in [1.54, 1.807) is 12.1 Å². The van der Waals surface area contributed by atoms with E-state index in [0.717, 1.165) is 11.3 Å². The summed E-state index contributed by atoms with van der Waals surface area (Å²) in [5.74, 6) is 0.549. The zero-order chi connectivity index (χ0) is 13.1. The molecule has 2 rings (SSSR count). The SMILES string of the molecule is Cc1ccc(NC(=O)CN2CCSC2=O)cc1Cl. The number of thioether (sulfide) groups is 1. The monoisotopic (exact) mass is 284 g/mol. The van der Waals surface area contributed by atoms with Gasteiger partial charge < -0.3 is 10.2 Å². The van der Waals surface area contributed by atoms with E-state index in [2.05, 4.69) is 5.32 Å². The first kappa shape index (κ1) is 13.2. The quantitative estimate of drug-likeness (QED) is 0.928. The van der Waals surface area contributed by atoms with Crippen LogP contribution < -0.4 is 5.32 Å². The van der Waals surface area contributed by atoms with Crippen molar-refractivity contribution in [2.75, 3.05) is 24.2 Å². The average molecular weight is 285 g/mol. The molecule has 0 spiro atoms. The Labute approximate surface area is 115 Å². The molecule has 6 heteroatoms. The average Bonchev–Trinajstić information content (AvgIpc) is 2.70. The van der Waals surface area contributed by atoms with Crippen LogP contribution in [0.1, 0.15) is 5.56 Å². The van der Waals surface area contributed by atoms with Crippen LogP contribution in [0.3, 0.4) is 0 Å². The minimum Gasteiger partial charge on any atom is -0.324 e. The van der Waals surface area contributed by atoms with E-state index in [-0.39, 0.29) is 17.7 Å². The van der Waals surface area contributed by atoms with Crippen LogP contribution in [0.15, 0.2) is 18.2 Å². The van der Waals surface area contributed by atoms with Gasteiger partial charge in [0.05, 0.1) is 0 Å². The normalized spacial score (nSPS) is 15.0. The number of halogens is 1. The minimum atomic E-state index is -0.203. The van der Waals surface area contributed by atoms with Gasteiger partial charge in [-0.2, -0.15) is 0 Å². The second-order valence-corrected chi connectivity index (χ2v) is 5.50. The third kappa shape index (κ3) is 3.17. The summed E-state index contributed by atoms with van der Waals surface area (Å²) in [5, 5.41) is 3.31. The van der Waals surface area contributed by atoms with Crippen LogP contribution in [0.5, 0.6) is 0 Å². The lowest BCUT2D eigenvalue weighted by Gasteiger charge is -2.14. The van der Waals surface area contributed by atoms with E-state index in [1.165, 1.54) is 16.7 Å². The van der Waals surface area contributed by atoms with Gasteiger partial charge in [-0.25, -0.2) is 0 Å². The summed E-state index contributed by atoms with van der Waals surface area (Å²) in [6, 6.07) is 5.34. The number of benzene rings is 1. The third-order valence-corrected chi connectivity index (χ3v) is 3.93. The summed E-state index contributed by atoms with van der Waals surface area (Å²) in [4.78, 5) is 24.6. The number of nitrogens with one attached hydrogen (secondary N) is 1. The molecular weight excluding hydrogens is 272 g/mol. The van der Waals surface area contributed by atoms with E-state index in [1.807, 2.05) is 13.0 Å². The second kappa shape index (κ2) is 5.63. The van der Waals surface area contributed by atoms with Gasteiger partial charge in [0, 0.05) is 23.0 Å². The van der Waals surface area contributed by atoms with Crippen LogP contribution >= 0.6 is 23.4 Å². The molecule has 0 unspecified atom stereocenters. The summed E-state index contributed by atoms with van der Waals surface area (Å²) >= 11 is 7.22. The lowest BCUT2D eigenvalue weighted by Crippen LogP contribution is -2.33. The molecule has 1 heterocycles. The Hall–Kier alpha value is -1.20. The summed E-state index contributed by atoms with van der Waals surface area (Å²) in [6.45, 7) is 2.62. The summed E-state index contributed by atoms with van der Waals surface area (Å²) in [7, 11) is 0. The molecule has 1 aromatic rings. The molecule has 1 fully saturated rings. The number of amides is 2. The fourth-order valence-corrected chi connectivity index (χ4v) is 2.62. The number of aryl methyl sites for hydroxylation is 1. The molecule has 0 bridgehead atoms. The molecule has 0 atom stereocenters. The molecule has 96 valence electrons. The summed E-state index contributed by atoms with van der Waals surface area (Å²) in [6.07, 6.45) is 0. The van der Waals surface area contributed by atoms with Crippen LogP contribution in [0, 0.1) is 6.92 Å². The maximum absolute atomic E-state index is 11.8. The Kier molecular flexibility index (Phi) is 4.14. The van der Waals surface area contributed by atoms with E-state index in [4.69, 9.17) is 11.6 Å². The van der Waals surface area contributed by atoms with Crippen molar-refractivity contribution in [3.8, 4) is 0 Å². The van der Waals surface area contributed by atoms with Gasteiger partial charge in [0.25, 0.3) is 5.24 Å². The minimum absolute atomic E-state index is 0.0351. The van der Waals surface area contributed by atoms with E-state index < -0.39 is 0 Å². The zero-order valence-corrected chi connectivity index (χ0v) is 11.5. The van der Waals surface area contributed by atoms with Crippen LogP contribution in [0.4, 0.5) is 10.5 Å². The van der Waals surface area contributed by atoms with Crippen molar-refractivity contribution in [1.82, 2.24) is 4.90 Å². The number of hydrogen-bond acceptors (Lipinski definition) is 3. The standard InChI is InChI=1S/C12H13ClN2O2S/c1-8-2-3-9(6-10(8)13)14-11(16)7-15-4-5-18-12(15)17/h2-3,6H,4-5,7H2,1H3,(H,14,16). The predicted octanol–water partition coefficient (Wildman–Crippen LogP) is 2.76. The zero-order valence-electron chi connectivity index (χ0n) is 9.90. The Morgan fingerprint density at radius 1 is 1.56 bits per heavy atom. The van der Waals surface area contributed by atoms with Crippen molar-refractivity contribution in [2.24, 2.45) is 0 Å². The number of carbonyl (C=O) groups is 2.